The maximum atomic E-state index is 16.1. The van der Waals surface area contributed by atoms with Crippen LogP contribution in [0.5, 0.6) is 5.75 Å². The second-order valence-corrected chi connectivity index (χ2v) is 12.4. The Morgan fingerprint density at radius 2 is 2.11 bits per heavy atom. The van der Waals surface area contributed by atoms with Gasteiger partial charge < -0.3 is 29.2 Å². The maximum absolute atomic E-state index is 16.1. The van der Waals surface area contributed by atoms with E-state index in [-0.39, 0.29) is 18.3 Å². The van der Waals surface area contributed by atoms with E-state index in [9.17, 15) is 4.79 Å². The Balaban J connectivity index is 1.55. The Hall–Kier alpha value is -2.90. The average molecular weight is 568 g/mol. The topological polar surface area (TPSA) is 139 Å². The zero-order valence-electron chi connectivity index (χ0n) is 21.7. The summed E-state index contributed by atoms with van der Waals surface area (Å²) < 4.78 is 40.2. The molecule has 206 valence electrons. The number of halogens is 1. The number of esters is 1. The number of carbonyl (C=O) groups is 1. The molecule has 12 nitrogen and oxygen atoms in total. The number of rotatable bonds is 10. The van der Waals surface area contributed by atoms with E-state index in [2.05, 4.69) is 20.0 Å². The van der Waals surface area contributed by atoms with Crippen molar-refractivity contribution in [3.63, 3.8) is 0 Å². The first-order valence-corrected chi connectivity index (χ1v) is 14.5. The lowest BCUT2D eigenvalue weighted by Gasteiger charge is -2.29. The fourth-order valence-electron chi connectivity index (χ4n) is 4.16. The molecular formula is C23H31FN7O5PS. The van der Waals surface area contributed by atoms with Gasteiger partial charge in [0.2, 0.25) is 11.8 Å². The highest BCUT2D eigenvalue weighted by Crippen LogP contribution is 2.49. The minimum Gasteiger partial charge on any atom is -0.468 e. The number of methoxy groups -OCH3 is 1. The Labute approximate surface area is 224 Å². The van der Waals surface area contributed by atoms with Gasteiger partial charge in [-0.1, -0.05) is 25.1 Å². The number of nitrogen functional groups attached to an aromatic ring is 1. The van der Waals surface area contributed by atoms with E-state index in [4.69, 9.17) is 36.1 Å². The van der Waals surface area contributed by atoms with E-state index in [1.54, 1.807) is 40.7 Å². The lowest BCUT2D eigenvalue weighted by atomic mass is 10.1. The Morgan fingerprint density at radius 1 is 1.39 bits per heavy atom. The summed E-state index contributed by atoms with van der Waals surface area (Å²) in [7, 11) is 4.89. The highest BCUT2D eigenvalue weighted by atomic mass is 32.5. The van der Waals surface area contributed by atoms with Crippen LogP contribution in [0.25, 0.3) is 11.2 Å². The molecule has 3 heterocycles. The number of hydrogen-bond donors (Lipinski definition) is 2. The van der Waals surface area contributed by atoms with Crippen molar-refractivity contribution < 1.29 is 27.7 Å². The van der Waals surface area contributed by atoms with Crippen LogP contribution in [0.4, 0.5) is 16.2 Å². The summed E-state index contributed by atoms with van der Waals surface area (Å²) in [5.74, 6) is -2.04. The van der Waals surface area contributed by atoms with Gasteiger partial charge in [0.05, 0.1) is 13.4 Å². The van der Waals surface area contributed by atoms with Crippen LogP contribution >= 0.6 is 6.64 Å². The zero-order chi connectivity index (χ0) is 27.7. The Kier molecular flexibility index (Phi) is 8.19. The number of hydrogen-bond acceptors (Lipinski definition) is 11. The first-order chi connectivity index (χ1) is 17.9. The summed E-state index contributed by atoms with van der Waals surface area (Å²) in [5, 5.41) is 2.86. The van der Waals surface area contributed by atoms with Crippen molar-refractivity contribution in [2.75, 3.05) is 38.4 Å². The molecule has 0 unspecified atom stereocenters. The first kappa shape index (κ1) is 28.1. The molecule has 2 aromatic heterocycles. The molecule has 0 aliphatic carbocycles. The molecule has 38 heavy (non-hydrogen) atoms. The summed E-state index contributed by atoms with van der Waals surface area (Å²) in [4.78, 5) is 26.8. The van der Waals surface area contributed by atoms with Gasteiger partial charge in [0.1, 0.15) is 24.6 Å². The van der Waals surface area contributed by atoms with Gasteiger partial charge in [0.15, 0.2) is 17.0 Å². The van der Waals surface area contributed by atoms with E-state index in [0.717, 1.165) is 0 Å². The SMILES string of the molecule is COC(=O)[C@H](C)N[P@](=S)(OC[C@]1(F)C[C@H](C)[C@H](n2cnc3c(N(C)C)nc(N)nc32)O1)Oc1ccccc1. The minimum absolute atomic E-state index is 0.00562. The molecule has 1 aliphatic rings. The standard InChI is InChI=1S/C23H31FN7O5PS/c1-14-11-23(24,35-20(14)31-13-26-17-18(30(3)4)27-22(25)28-19(17)31)12-34-37(38,29-15(2)21(32)33-5)36-16-9-7-6-8-10-16/h6-10,13-15,20H,11-12H2,1-5H3,(H,29,38)(H2,25,27,28)/t14-,15-,20+,23-,37-/m0/s1. The van der Waals surface area contributed by atoms with Crippen molar-refractivity contribution in [3.8, 4) is 5.75 Å². The smallest absolute Gasteiger partial charge is 0.323 e. The van der Waals surface area contributed by atoms with Crippen molar-refractivity contribution in [3.05, 3.63) is 36.7 Å². The van der Waals surface area contributed by atoms with Crippen molar-refractivity contribution >= 4 is 47.3 Å². The second-order valence-electron chi connectivity index (χ2n) is 9.25. The number of ether oxygens (including phenoxy) is 2. The van der Waals surface area contributed by atoms with E-state index in [1.165, 1.54) is 13.4 Å². The molecule has 1 aliphatic heterocycles. The molecule has 0 bridgehead atoms. The number of benzene rings is 1. The number of anilines is 2. The molecule has 0 saturated carbocycles. The molecule has 15 heteroatoms. The summed E-state index contributed by atoms with van der Waals surface area (Å²) in [6.45, 7) is -0.552. The average Bonchev–Trinajstić information content (AvgIpc) is 3.42. The minimum atomic E-state index is -3.42. The second kappa shape index (κ2) is 11.1. The van der Waals surface area contributed by atoms with Gasteiger partial charge in [0.25, 0.3) is 0 Å². The van der Waals surface area contributed by atoms with Crippen LogP contribution in [-0.2, 0) is 30.6 Å². The molecular weight excluding hydrogens is 536 g/mol. The van der Waals surface area contributed by atoms with Crippen LogP contribution in [0.1, 0.15) is 26.5 Å². The third-order valence-corrected chi connectivity index (χ3v) is 8.37. The third kappa shape index (κ3) is 6.05. The van der Waals surface area contributed by atoms with Gasteiger partial charge in [-0.15, -0.1) is 0 Å². The van der Waals surface area contributed by atoms with Crippen LogP contribution in [0.3, 0.4) is 0 Å². The molecule has 1 aromatic carbocycles. The van der Waals surface area contributed by atoms with Crippen molar-refractivity contribution in [1.29, 1.82) is 0 Å². The molecule has 1 saturated heterocycles. The van der Waals surface area contributed by atoms with Crippen molar-refractivity contribution in [2.45, 2.75) is 38.4 Å². The van der Waals surface area contributed by atoms with E-state index < -0.39 is 37.3 Å². The number of imidazole rings is 1. The predicted molar refractivity (Wildman–Crippen MR) is 144 cm³/mol. The number of nitrogens with one attached hydrogen (secondary N) is 1. The zero-order valence-corrected chi connectivity index (χ0v) is 23.4. The number of alkyl halides is 1. The maximum Gasteiger partial charge on any atom is 0.323 e. The summed E-state index contributed by atoms with van der Waals surface area (Å²) in [6, 6.07) is 7.85. The van der Waals surface area contributed by atoms with Gasteiger partial charge in [-0.2, -0.15) is 9.97 Å². The molecule has 5 atom stereocenters. The molecule has 0 spiro atoms. The normalized spacial score (nSPS) is 23.6. The number of nitrogens with two attached hydrogens (primary N) is 1. The monoisotopic (exact) mass is 567 g/mol. The van der Waals surface area contributed by atoms with Crippen molar-refractivity contribution in [1.82, 2.24) is 24.6 Å². The van der Waals surface area contributed by atoms with Crippen LogP contribution in [0.15, 0.2) is 36.7 Å². The van der Waals surface area contributed by atoms with Gasteiger partial charge in [0, 0.05) is 26.4 Å². The number of carbonyl (C=O) groups excluding carboxylic acids is 1. The molecule has 0 amide bonds. The first-order valence-electron chi connectivity index (χ1n) is 11.8. The van der Waals surface area contributed by atoms with Gasteiger partial charge in [-0.3, -0.25) is 9.36 Å². The van der Waals surface area contributed by atoms with Crippen LogP contribution < -0.4 is 20.2 Å². The molecule has 0 radical (unpaired) electrons. The fourth-order valence-corrected chi connectivity index (χ4v) is 6.57. The predicted octanol–water partition coefficient (Wildman–Crippen LogP) is 3.17. The summed E-state index contributed by atoms with van der Waals surface area (Å²) in [6.07, 6.45) is 0.793. The number of nitrogens with zero attached hydrogens (tertiary/aromatic N) is 5. The lowest BCUT2D eigenvalue weighted by molar-refractivity contribution is -0.172. The van der Waals surface area contributed by atoms with E-state index >= 15 is 4.39 Å². The summed E-state index contributed by atoms with van der Waals surface area (Å²) >= 11 is 5.64. The largest absolute Gasteiger partial charge is 0.468 e. The quantitative estimate of drug-likeness (QED) is 0.275. The molecule has 4 rings (SSSR count). The van der Waals surface area contributed by atoms with Gasteiger partial charge in [-0.05, 0) is 30.9 Å². The van der Waals surface area contributed by atoms with Crippen molar-refractivity contribution in [2.24, 2.45) is 5.92 Å². The Morgan fingerprint density at radius 3 is 2.76 bits per heavy atom. The van der Waals surface area contributed by atoms with Crippen LogP contribution in [0.2, 0.25) is 0 Å². The Bertz CT molecular complexity index is 1350. The fraction of sp³-hybridized carbons (Fsp3) is 0.478. The number of aromatic nitrogens is 4. The highest BCUT2D eigenvalue weighted by Gasteiger charge is 2.48. The van der Waals surface area contributed by atoms with E-state index in [1.807, 2.05) is 27.1 Å². The van der Waals surface area contributed by atoms with E-state index in [0.29, 0.717) is 22.7 Å². The molecule has 3 aromatic rings. The molecule has 3 N–H and O–H groups in total. The third-order valence-electron chi connectivity index (χ3n) is 5.89. The number of para-hydroxylation sites is 1. The molecule has 1 fully saturated rings. The van der Waals surface area contributed by atoms with Crippen LogP contribution in [0, 0.1) is 5.92 Å². The lowest BCUT2D eigenvalue weighted by Crippen LogP contribution is -2.36. The number of fused-ring (bicyclic) bond motifs is 1. The van der Waals surface area contributed by atoms with Gasteiger partial charge in [-0.25, -0.2) is 14.5 Å². The summed E-state index contributed by atoms with van der Waals surface area (Å²) in [5.41, 5.74) is 6.86. The highest BCUT2D eigenvalue weighted by molar-refractivity contribution is 8.09. The van der Waals surface area contributed by atoms with Gasteiger partial charge >= 0.3 is 12.6 Å². The van der Waals surface area contributed by atoms with Crippen LogP contribution in [-0.4, -0.2) is 65.2 Å².